The molecule has 0 bridgehead atoms. The first-order valence-electron chi connectivity index (χ1n) is 15.7. The van der Waals surface area contributed by atoms with Gasteiger partial charge in [-0.15, -0.1) is 0 Å². The van der Waals surface area contributed by atoms with Gasteiger partial charge in [0.15, 0.2) is 5.78 Å². The normalized spacial score (nSPS) is 20.9. The van der Waals surface area contributed by atoms with Crippen molar-refractivity contribution in [2.75, 3.05) is 49.6 Å². The number of likely N-dealkylation sites (N-methyl/N-ethyl adjacent to an activating group) is 1. The number of amides is 1. The van der Waals surface area contributed by atoms with E-state index in [4.69, 9.17) is 0 Å². The lowest BCUT2D eigenvalue weighted by molar-refractivity contribution is -0.112. The number of ketones is 1. The second-order valence-corrected chi connectivity index (χ2v) is 12.3. The third kappa shape index (κ3) is 6.70. The van der Waals surface area contributed by atoms with E-state index in [2.05, 4.69) is 54.6 Å². The zero-order valence-corrected chi connectivity index (χ0v) is 26.3. The number of aryl methyl sites for hydroxylation is 1. The third-order valence-corrected chi connectivity index (χ3v) is 9.30. The molecule has 1 saturated heterocycles. The van der Waals surface area contributed by atoms with Crippen molar-refractivity contribution in [2.45, 2.75) is 52.9 Å². The smallest absolute Gasteiger partial charge is 0.258 e. The quantitative estimate of drug-likeness (QED) is 0.324. The lowest BCUT2D eigenvalue weighted by Gasteiger charge is -2.35. The van der Waals surface area contributed by atoms with E-state index in [1.807, 2.05) is 53.3 Å². The molecule has 5 rings (SSSR count). The Morgan fingerprint density at radius 3 is 2.51 bits per heavy atom. The van der Waals surface area contributed by atoms with Crippen molar-refractivity contribution < 1.29 is 9.59 Å². The van der Waals surface area contributed by atoms with E-state index in [1.54, 1.807) is 19.2 Å². The van der Waals surface area contributed by atoms with Gasteiger partial charge in [0.2, 0.25) is 0 Å². The molecule has 2 heterocycles. The second-order valence-electron chi connectivity index (χ2n) is 12.3. The molecule has 43 heavy (non-hydrogen) atoms. The Morgan fingerprint density at radius 1 is 1.02 bits per heavy atom. The SMILES string of the molecule is C=C(C1=CC2(CC1)CCN(C(=O)c1ccc(N(/C=C\C)/C=C/C(C)=O)c(CC)c1)c1ccccc1C2)N1CCN(C)CC1. The van der Waals surface area contributed by atoms with Crippen molar-refractivity contribution in [2.24, 2.45) is 5.41 Å². The maximum atomic E-state index is 14.2. The number of rotatable bonds is 8. The lowest BCUT2D eigenvalue weighted by Crippen LogP contribution is -2.43. The Labute approximate surface area is 257 Å². The fraction of sp³-hybridized carbons (Fsp3) is 0.405. The molecule has 2 aliphatic heterocycles. The van der Waals surface area contributed by atoms with E-state index in [0.717, 1.165) is 75.2 Å². The molecular weight excluding hydrogens is 532 g/mol. The molecule has 0 saturated carbocycles. The number of para-hydroxylation sites is 1. The van der Waals surface area contributed by atoms with Crippen LogP contribution in [0.4, 0.5) is 11.4 Å². The predicted octanol–water partition coefficient (Wildman–Crippen LogP) is 6.75. The fourth-order valence-corrected chi connectivity index (χ4v) is 6.76. The van der Waals surface area contributed by atoms with Crippen LogP contribution >= 0.6 is 0 Å². The molecule has 226 valence electrons. The van der Waals surface area contributed by atoms with Gasteiger partial charge in [0.05, 0.1) is 0 Å². The summed E-state index contributed by atoms with van der Waals surface area (Å²) in [5, 5.41) is 0. The Hall–Kier alpha value is -3.90. The number of benzene rings is 2. The van der Waals surface area contributed by atoms with E-state index < -0.39 is 0 Å². The molecule has 6 nitrogen and oxygen atoms in total. The number of piperazine rings is 1. The van der Waals surface area contributed by atoms with Crippen LogP contribution in [0.3, 0.4) is 0 Å². The van der Waals surface area contributed by atoms with Crippen molar-refractivity contribution >= 4 is 23.1 Å². The summed E-state index contributed by atoms with van der Waals surface area (Å²) in [5.41, 5.74) is 7.57. The van der Waals surface area contributed by atoms with Crippen molar-refractivity contribution in [1.82, 2.24) is 9.80 Å². The molecule has 0 radical (unpaired) electrons. The highest BCUT2D eigenvalue weighted by Gasteiger charge is 2.39. The van der Waals surface area contributed by atoms with Gasteiger partial charge in [0.1, 0.15) is 0 Å². The summed E-state index contributed by atoms with van der Waals surface area (Å²) in [6.45, 7) is 15.0. The van der Waals surface area contributed by atoms with Crippen LogP contribution in [0, 0.1) is 5.41 Å². The Bertz CT molecular complexity index is 1460. The molecule has 0 N–H and O–H groups in total. The Morgan fingerprint density at radius 2 is 1.79 bits per heavy atom. The molecule has 3 aliphatic rings. The zero-order chi connectivity index (χ0) is 30.6. The number of allylic oxidation sites excluding steroid dienone is 4. The molecule has 1 atom stereocenters. The zero-order valence-electron chi connectivity index (χ0n) is 26.3. The van der Waals surface area contributed by atoms with E-state index in [9.17, 15) is 9.59 Å². The largest absolute Gasteiger partial charge is 0.369 e. The maximum absolute atomic E-state index is 14.2. The number of nitrogens with zero attached hydrogens (tertiary/aromatic N) is 4. The van der Waals surface area contributed by atoms with Crippen LogP contribution in [-0.4, -0.2) is 61.3 Å². The molecule has 0 aromatic heterocycles. The van der Waals surface area contributed by atoms with Gasteiger partial charge in [-0.3, -0.25) is 9.59 Å². The van der Waals surface area contributed by atoms with Crippen molar-refractivity contribution in [3.05, 3.63) is 108 Å². The topological polar surface area (TPSA) is 47.1 Å². The number of hydrogen-bond donors (Lipinski definition) is 0. The van der Waals surface area contributed by atoms with Crippen LogP contribution < -0.4 is 9.80 Å². The van der Waals surface area contributed by atoms with E-state index in [1.165, 1.54) is 16.8 Å². The number of carbonyl (C=O) groups is 2. The van der Waals surface area contributed by atoms with Crippen LogP contribution in [-0.2, 0) is 17.6 Å². The van der Waals surface area contributed by atoms with Gasteiger partial charge >= 0.3 is 0 Å². The minimum Gasteiger partial charge on any atom is -0.369 e. The van der Waals surface area contributed by atoms with Crippen LogP contribution in [0.25, 0.3) is 0 Å². The van der Waals surface area contributed by atoms with Crippen molar-refractivity contribution in [1.29, 1.82) is 0 Å². The Kier molecular flexibility index (Phi) is 9.36. The second kappa shape index (κ2) is 13.2. The summed E-state index contributed by atoms with van der Waals surface area (Å²) in [6, 6.07) is 14.4. The molecule has 1 amide bonds. The van der Waals surface area contributed by atoms with Gasteiger partial charge in [-0.05, 0) is 105 Å². The third-order valence-electron chi connectivity index (χ3n) is 9.30. The number of hydrogen-bond acceptors (Lipinski definition) is 5. The standard InChI is InChI=1S/C37H46N4O2/c1-6-18-40(19-15-28(3)42)34-13-12-31(25-30(34)7-2)36(43)41-20-17-37(27-33-10-8-9-11-35(33)41)16-14-32(26-37)29(4)39-23-21-38(5)22-24-39/h6,8-13,15,18-19,25-26H,4,7,14,16-17,20-24,27H2,1-3,5H3/b18-6-,19-15+. The van der Waals surface area contributed by atoms with Crippen LogP contribution in [0.1, 0.15) is 61.5 Å². The number of carbonyl (C=O) groups excluding carboxylic acids is 2. The van der Waals surface area contributed by atoms with Gasteiger partial charge < -0.3 is 19.6 Å². The van der Waals surface area contributed by atoms with Crippen LogP contribution in [0.2, 0.25) is 0 Å². The number of fused-ring (bicyclic) bond motifs is 1. The van der Waals surface area contributed by atoms with Gasteiger partial charge in [0, 0.05) is 67.8 Å². The molecule has 1 spiro atoms. The first-order chi connectivity index (χ1) is 20.7. The first-order valence-corrected chi connectivity index (χ1v) is 15.7. The summed E-state index contributed by atoms with van der Waals surface area (Å²) < 4.78 is 0. The predicted molar refractivity (Wildman–Crippen MR) is 177 cm³/mol. The van der Waals surface area contributed by atoms with E-state index in [0.29, 0.717) is 12.1 Å². The van der Waals surface area contributed by atoms with Gasteiger partial charge in [-0.1, -0.05) is 43.9 Å². The highest BCUT2D eigenvalue weighted by atomic mass is 16.2. The van der Waals surface area contributed by atoms with E-state index >= 15 is 0 Å². The molecule has 1 aliphatic carbocycles. The fourth-order valence-electron chi connectivity index (χ4n) is 6.76. The number of anilines is 2. The molecular formula is C37H46N4O2. The summed E-state index contributed by atoms with van der Waals surface area (Å²) in [5.74, 6) is 0.0245. The monoisotopic (exact) mass is 578 g/mol. The molecule has 2 aromatic carbocycles. The summed E-state index contributed by atoms with van der Waals surface area (Å²) >= 11 is 0. The first kappa shape index (κ1) is 30.6. The summed E-state index contributed by atoms with van der Waals surface area (Å²) in [7, 11) is 2.18. The molecule has 1 fully saturated rings. The van der Waals surface area contributed by atoms with Crippen LogP contribution in [0.15, 0.2) is 90.9 Å². The minimum absolute atomic E-state index is 0.00942. The van der Waals surface area contributed by atoms with Gasteiger partial charge in [-0.2, -0.15) is 0 Å². The van der Waals surface area contributed by atoms with Gasteiger partial charge in [0.25, 0.3) is 5.91 Å². The van der Waals surface area contributed by atoms with Crippen molar-refractivity contribution in [3.63, 3.8) is 0 Å². The highest BCUT2D eigenvalue weighted by molar-refractivity contribution is 6.07. The molecule has 6 heteroatoms. The van der Waals surface area contributed by atoms with E-state index in [-0.39, 0.29) is 17.1 Å². The van der Waals surface area contributed by atoms with Crippen LogP contribution in [0.5, 0.6) is 0 Å². The summed E-state index contributed by atoms with van der Waals surface area (Å²) in [4.78, 5) is 34.6. The molecule has 1 unspecified atom stereocenters. The average molecular weight is 579 g/mol. The minimum atomic E-state index is -0.00942. The molecule has 2 aromatic rings. The van der Waals surface area contributed by atoms with Gasteiger partial charge in [-0.25, -0.2) is 0 Å². The Balaban J connectivity index is 1.41. The van der Waals surface area contributed by atoms with Crippen molar-refractivity contribution in [3.8, 4) is 0 Å². The maximum Gasteiger partial charge on any atom is 0.258 e. The lowest BCUT2D eigenvalue weighted by atomic mass is 9.79. The average Bonchev–Trinajstić information content (AvgIpc) is 3.35. The highest BCUT2D eigenvalue weighted by Crippen LogP contribution is 2.47. The summed E-state index contributed by atoms with van der Waals surface area (Å²) in [6.07, 6.45) is 14.5.